The molecule has 6 nitrogen and oxygen atoms in total. The van der Waals surface area contributed by atoms with Crippen molar-refractivity contribution in [1.82, 2.24) is 5.32 Å². The first kappa shape index (κ1) is 22.5. The van der Waals surface area contributed by atoms with Crippen LogP contribution < -0.4 is 10.5 Å². The third kappa shape index (κ3) is 4.98. The molecule has 2 aromatic rings. The average molecular weight is 425 g/mol. The van der Waals surface area contributed by atoms with Crippen molar-refractivity contribution in [3.63, 3.8) is 0 Å². The van der Waals surface area contributed by atoms with Gasteiger partial charge in [0.05, 0.1) is 11.0 Å². The van der Waals surface area contributed by atoms with Crippen molar-refractivity contribution in [2.75, 3.05) is 13.1 Å². The van der Waals surface area contributed by atoms with Gasteiger partial charge in [0, 0.05) is 24.6 Å². The zero-order valence-corrected chi connectivity index (χ0v) is 17.2. The van der Waals surface area contributed by atoms with Gasteiger partial charge in [0.2, 0.25) is 10.0 Å². The number of nitrogens with two attached hydrogens (primary N) is 1. The number of carbonyl (C=O) groups excluding carboxylic acids is 1. The summed E-state index contributed by atoms with van der Waals surface area (Å²) in [4.78, 5) is 12.6. The Morgan fingerprint density at radius 2 is 1.96 bits per heavy atom. The lowest BCUT2D eigenvalue weighted by Crippen LogP contribution is -2.34. The van der Waals surface area contributed by atoms with Crippen LogP contribution in [0.3, 0.4) is 0 Å². The number of fused-ring (bicyclic) bond motifs is 1. The molecule has 0 radical (unpaired) electrons. The van der Waals surface area contributed by atoms with Gasteiger partial charge in [0.15, 0.2) is 5.78 Å². The second kappa shape index (κ2) is 9.15. The van der Waals surface area contributed by atoms with E-state index >= 15 is 0 Å². The van der Waals surface area contributed by atoms with Crippen molar-refractivity contribution in [2.45, 2.75) is 30.8 Å². The van der Waals surface area contributed by atoms with E-state index in [4.69, 9.17) is 5.14 Å². The Bertz CT molecular complexity index is 962. The molecular weight excluding hydrogens is 400 g/mol. The minimum atomic E-state index is -3.84. The maximum Gasteiger partial charge on any atom is 0.238 e. The minimum Gasteiger partial charge on any atom is -0.387 e. The number of Topliss-reactive ketones (excluding diaryl/α,β-unsaturated/α-hetero) is 1. The van der Waals surface area contributed by atoms with E-state index in [1.807, 2.05) is 24.3 Å². The summed E-state index contributed by atoms with van der Waals surface area (Å²) in [5.41, 5.74) is 2.88. The van der Waals surface area contributed by atoms with Gasteiger partial charge in [-0.1, -0.05) is 36.4 Å². The van der Waals surface area contributed by atoms with Gasteiger partial charge in [-0.15, -0.1) is 12.4 Å². The van der Waals surface area contributed by atoms with Crippen LogP contribution in [0.2, 0.25) is 0 Å². The summed E-state index contributed by atoms with van der Waals surface area (Å²) in [5.74, 6) is 0.00999. The molecule has 1 unspecified atom stereocenters. The fraction of sp³-hybridized carbons (Fsp3) is 0.350. The number of nitrogens with one attached hydrogen (secondary N) is 1. The minimum absolute atomic E-state index is 0. The van der Waals surface area contributed by atoms with Gasteiger partial charge >= 0.3 is 0 Å². The van der Waals surface area contributed by atoms with Gasteiger partial charge in [0.25, 0.3) is 0 Å². The number of carbonyl (C=O) groups is 1. The lowest BCUT2D eigenvalue weighted by Gasteiger charge is -2.24. The maximum atomic E-state index is 12.6. The van der Waals surface area contributed by atoms with Crippen LogP contribution in [0.15, 0.2) is 47.4 Å². The van der Waals surface area contributed by atoms with Gasteiger partial charge in [-0.3, -0.25) is 4.79 Å². The summed E-state index contributed by atoms with van der Waals surface area (Å²) >= 11 is 0. The van der Waals surface area contributed by atoms with Crippen LogP contribution >= 0.6 is 12.4 Å². The highest BCUT2D eigenvalue weighted by Gasteiger charge is 2.26. The molecule has 8 heteroatoms. The van der Waals surface area contributed by atoms with Crippen molar-refractivity contribution < 1.29 is 18.3 Å². The molecule has 0 amide bonds. The second-order valence-corrected chi connectivity index (χ2v) is 8.53. The van der Waals surface area contributed by atoms with E-state index in [1.165, 1.54) is 6.07 Å². The van der Waals surface area contributed by atoms with Crippen molar-refractivity contribution >= 4 is 28.2 Å². The molecule has 28 heavy (non-hydrogen) atoms. The lowest BCUT2D eigenvalue weighted by molar-refractivity contribution is 0.0895. The number of primary sulfonamides is 1. The smallest absolute Gasteiger partial charge is 0.238 e. The average Bonchev–Trinajstić information content (AvgIpc) is 2.63. The molecule has 2 atom stereocenters. The third-order valence-electron chi connectivity index (χ3n) is 5.05. The van der Waals surface area contributed by atoms with Crippen LogP contribution in [0.25, 0.3) is 0 Å². The zero-order chi connectivity index (χ0) is 19.6. The largest absolute Gasteiger partial charge is 0.387 e. The number of rotatable bonds is 6. The maximum absolute atomic E-state index is 12.6. The van der Waals surface area contributed by atoms with Gasteiger partial charge in [-0.25, -0.2) is 13.6 Å². The molecule has 3 rings (SSSR count). The number of benzene rings is 2. The highest BCUT2D eigenvalue weighted by Crippen LogP contribution is 2.25. The molecule has 0 aromatic heterocycles. The number of sulfonamides is 1. The first-order valence-corrected chi connectivity index (χ1v) is 10.5. The standard InChI is InChI=1S/C20H24N2O4S.ClH/c1-13-6-7-15(10-19(13)27(21,25)26)18(23)12-22-11-16-9-8-14-4-2-3-5-17(14)20(16)24;/h2-7,10,16,18,22-23H,8-9,11-12H2,1H3,(H2,21,25,26);1H/t16?,18-;/m1./s1. The van der Waals surface area contributed by atoms with E-state index in [0.29, 0.717) is 17.7 Å². The van der Waals surface area contributed by atoms with Crippen LogP contribution in [0.1, 0.15) is 39.6 Å². The van der Waals surface area contributed by atoms with Crippen molar-refractivity contribution in [2.24, 2.45) is 11.1 Å². The van der Waals surface area contributed by atoms with Gasteiger partial charge in [0.1, 0.15) is 0 Å². The van der Waals surface area contributed by atoms with Gasteiger partial charge < -0.3 is 10.4 Å². The molecule has 152 valence electrons. The van der Waals surface area contributed by atoms with E-state index in [0.717, 1.165) is 24.0 Å². The summed E-state index contributed by atoms with van der Waals surface area (Å²) in [6.45, 7) is 2.34. The summed E-state index contributed by atoms with van der Waals surface area (Å²) in [6.07, 6.45) is 0.753. The Kier molecular flexibility index (Phi) is 7.36. The van der Waals surface area contributed by atoms with E-state index in [2.05, 4.69) is 5.32 Å². The number of aryl methyl sites for hydroxylation is 2. The van der Waals surface area contributed by atoms with Crippen molar-refractivity contribution in [3.05, 3.63) is 64.7 Å². The predicted octanol–water partition coefficient (Wildman–Crippen LogP) is 2.13. The van der Waals surface area contributed by atoms with Crippen LogP contribution in [-0.2, 0) is 16.4 Å². The molecule has 0 bridgehead atoms. The summed E-state index contributed by atoms with van der Waals surface area (Å²) in [5, 5.41) is 18.7. The second-order valence-electron chi connectivity index (χ2n) is 7.00. The van der Waals surface area contributed by atoms with E-state index in [9.17, 15) is 18.3 Å². The fourth-order valence-electron chi connectivity index (χ4n) is 3.50. The predicted molar refractivity (Wildman–Crippen MR) is 110 cm³/mol. The van der Waals surface area contributed by atoms with Crippen molar-refractivity contribution in [1.29, 1.82) is 0 Å². The van der Waals surface area contributed by atoms with E-state index < -0.39 is 16.1 Å². The third-order valence-corrected chi connectivity index (χ3v) is 6.10. The first-order chi connectivity index (χ1) is 12.8. The highest BCUT2D eigenvalue weighted by molar-refractivity contribution is 7.89. The Balaban J connectivity index is 0.00000280. The van der Waals surface area contributed by atoms with Crippen LogP contribution in [0.5, 0.6) is 0 Å². The topological polar surface area (TPSA) is 109 Å². The monoisotopic (exact) mass is 424 g/mol. The Morgan fingerprint density at radius 3 is 2.68 bits per heavy atom. The van der Waals surface area contributed by atoms with Crippen molar-refractivity contribution in [3.8, 4) is 0 Å². The molecule has 0 saturated carbocycles. The summed E-state index contributed by atoms with van der Waals surface area (Å²) in [7, 11) is -3.84. The Labute approximate surface area is 171 Å². The highest BCUT2D eigenvalue weighted by atomic mass is 35.5. The molecule has 0 heterocycles. The number of aliphatic hydroxyl groups excluding tert-OH is 1. The van der Waals surface area contributed by atoms with Crippen LogP contribution in [0, 0.1) is 12.8 Å². The summed E-state index contributed by atoms with van der Waals surface area (Å²) < 4.78 is 23.3. The molecule has 4 N–H and O–H groups in total. The van der Waals surface area contributed by atoms with Crippen LogP contribution in [-0.4, -0.2) is 32.4 Å². The zero-order valence-electron chi connectivity index (χ0n) is 15.6. The number of hydrogen-bond donors (Lipinski definition) is 3. The number of hydrogen-bond acceptors (Lipinski definition) is 5. The Hall–Kier alpha value is -1.77. The quantitative estimate of drug-likeness (QED) is 0.658. The van der Waals surface area contributed by atoms with Gasteiger partial charge in [-0.05, 0) is 42.5 Å². The van der Waals surface area contributed by atoms with Crippen LogP contribution in [0.4, 0.5) is 0 Å². The molecular formula is C20H25ClN2O4S. The number of ketones is 1. The molecule has 1 aliphatic carbocycles. The molecule has 0 fully saturated rings. The molecule has 2 aromatic carbocycles. The Morgan fingerprint density at radius 1 is 1.25 bits per heavy atom. The molecule has 0 saturated heterocycles. The van der Waals surface area contributed by atoms with E-state index in [1.54, 1.807) is 19.1 Å². The molecule has 0 aliphatic heterocycles. The molecule has 1 aliphatic rings. The summed E-state index contributed by atoms with van der Waals surface area (Å²) in [6, 6.07) is 12.4. The SMILES string of the molecule is Cc1ccc([C@H](O)CNCC2CCc3ccccc3C2=O)cc1S(N)(=O)=O.Cl. The number of halogens is 1. The number of aliphatic hydroxyl groups is 1. The van der Waals surface area contributed by atoms with E-state index in [-0.39, 0.29) is 35.5 Å². The van der Waals surface area contributed by atoms with Gasteiger partial charge in [-0.2, -0.15) is 0 Å². The first-order valence-electron chi connectivity index (χ1n) is 8.91. The lowest BCUT2D eigenvalue weighted by atomic mass is 9.83. The molecule has 0 spiro atoms. The fourth-order valence-corrected chi connectivity index (χ4v) is 4.31. The normalized spacial score (nSPS) is 17.5.